The quantitative estimate of drug-likeness (QED) is 0.826. The zero-order valence-corrected chi connectivity index (χ0v) is 11.5. The van der Waals surface area contributed by atoms with Crippen LogP contribution >= 0.6 is 0 Å². The van der Waals surface area contributed by atoms with Gasteiger partial charge in [-0.3, -0.25) is 9.78 Å². The molecule has 3 N–H and O–H groups in total. The van der Waals surface area contributed by atoms with Crippen molar-refractivity contribution in [3.8, 4) is 11.1 Å². The minimum Gasteiger partial charge on any atom is -0.364 e. The van der Waals surface area contributed by atoms with Crippen LogP contribution in [-0.4, -0.2) is 47.0 Å². The van der Waals surface area contributed by atoms with Gasteiger partial charge in [-0.2, -0.15) is 0 Å². The molecule has 1 aliphatic heterocycles. The number of carbonyl (C=O) groups excluding carboxylic acids is 1. The molecule has 0 radical (unpaired) electrons. The number of nitrogens with zero attached hydrogens (tertiary/aromatic N) is 4. The Labute approximate surface area is 122 Å². The number of hydrogen-bond donors (Lipinski definition) is 2. The highest BCUT2D eigenvalue weighted by Gasteiger charge is 2.13. The predicted octanol–water partition coefficient (Wildman–Crippen LogP) is 0.0471. The number of nitrogens with two attached hydrogens (primary N) is 1. The summed E-state index contributed by atoms with van der Waals surface area (Å²) in [6, 6.07) is 3.39. The van der Waals surface area contributed by atoms with Gasteiger partial charge < -0.3 is 16.0 Å². The van der Waals surface area contributed by atoms with E-state index in [4.69, 9.17) is 5.73 Å². The summed E-state index contributed by atoms with van der Waals surface area (Å²) in [7, 11) is 0. The largest absolute Gasteiger partial charge is 0.364 e. The number of primary amides is 1. The van der Waals surface area contributed by atoms with Crippen molar-refractivity contribution in [2.45, 2.75) is 0 Å². The second kappa shape index (κ2) is 5.84. The zero-order valence-electron chi connectivity index (χ0n) is 11.5. The van der Waals surface area contributed by atoms with E-state index in [1.165, 1.54) is 0 Å². The number of rotatable bonds is 3. The van der Waals surface area contributed by atoms with Crippen molar-refractivity contribution in [3.05, 3.63) is 36.4 Å². The van der Waals surface area contributed by atoms with Gasteiger partial charge in [0.1, 0.15) is 5.69 Å². The van der Waals surface area contributed by atoms with E-state index in [0.717, 1.165) is 43.3 Å². The number of nitrogens with one attached hydrogen (secondary N) is 1. The van der Waals surface area contributed by atoms with Gasteiger partial charge in [-0.1, -0.05) is 6.07 Å². The Morgan fingerprint density at radius 3 is 2.29 bits per heavy atom. The molecule has 0 saturated carbocycles. The molecule has 0 bridgehead atoms. The van der Waals surface area contributed by atoms with E-state index in [9.17, 15) is 4.79 Å². The van der Waals surface area contributed by atoms with Gasteiger partial charge >= 0.3 is 0 Å². The van der Waals surface area contributed by atoms with Gasteiger partial charge in [-0.05, 0) is 6.07 Å². The lowest BCUT2D eigenvalue weighted by molar-refractivity contribution is 0.0995. The highest BCUT2D eigenvalue weighted by molar-refractivity contribution is 5.91. The minimum atomic E-state index is -0.535. The number of piperazine rings is 1. The molecule has 108 valence electrons. The number of anilines is 1. The van der Waals surface area contributed by atoms with Gasteiger partial charge in [0.2, 0.25) is 5.95 Å². The third kappa shape index (κ3) is 2.97. The monoisotopic (exact) mass is 284 g/mol. The van der Waals surface area contributed by atoms with Crippen molar-refractivity contribution in [2.75, 3.05) is 31.1 Å². The maximum atomic E-state index is 11.0. The molecule has 1 saturated heterocycles. The van der Waals surface area contributed by atoms with Crippen LogP contribution in [-0.2, 0) is 0 Å². The van der Waals surface area contributed by atoms with E-state index in [1.807, 2.05) is 0 Å². The molecule has 1 fully saturated rings. The maximum Gasteiger partial charge on any atom is 0.267 e. The second-order valence-electron chi connectivity index (χ2n) is 4.81. The second-order valence-corrected chi connectivity index (χ2v) is 4.81. The molecule has 0 atom stereocenters. The Kier molecular flexibility index (Phi) is 3.74. The van der Waals surface area contributed by atoms with Crippen molar-refractivity contribution in [1.82, 2.24) is 20.3 Å². The molecular weight excluding hydrogens is 268 g/mol. The molecule has 2 aromatic rings. The highest BCUT2D eigenvalue weighted by atomic mass is 16.1. The van der Waals surface area contributed by atoms with Gasteiger partial charge in [0.05, 0.1) is 0 Å². The maximum absolute atomic E-state index is 11.0. The van der Waals surface area contributed by atoms with Crippen LogP contribution in [0.2, 0.25) is 0 Å². The molecule has 1 amide bonds. The van der Waals surface area contributed by atoms with Crippen molar-refractivity contribution in [1.29, 1.82) is 0 Å². The number of amides is 1. The lowest BCUT2D eigenvalue weighted by Gasteiger charge is -2.27. The van der Waals surface area contributed by atoms with E-state index >= 15 is 0 Å². The average Bonchev–Trinajstić information content (AvgIpc) is 2.56. The fourth-order valence-corrected chi connectivity index (χ4v) is 2.21. The van der Waals surface area contributed by atoms with Gasteiger partial charge in [0, 0.05) is 55.9 Å². The molecule has 1 aliphatic rings. The summed E-state index contributed by atoms with van der Waals surface area (Å²) in [5, 5.41) is 3.29. The lowest BCUT2D eigenvalue weighted by atomic mass is 10.1. The van der Waals surface area contributed by atoms with Gasteiger partial charge in [-0.15, -0.1) is 0 Å². The van der Waals surface area contributed by atoms with Crippen LogP contribution in [0.1, 0.15) is 10.5 Å². The summed E-state index contributed by atoms with van der Waals surface area (Å²) in [4.78, 5) is 26.0. The van der Waals surface area contributed by atoms with Crippen LogP contribution in [0.4, 0.5) is 5.95 Å². The fourth-order valence-electron chi connectivity index (χ4n) is 2.21. The zero-order chi connectivity index (χ0) is 14.7. The van der Waals surface area contributed by atoms with E-state index in [0.29, 0.717) is 0 Å². The Bertz CT molecular complexity index is 619. The molecule has 0 spiro atoms. The summed E-state index contributed by atoms with van der Waals surface area (Å²) >= 11 is 0. The molecule has 7 heteroatoms. The van der Waals surface area contributed by atoms with Crippen molar-refractivity contribution >= 4 is 11.9 Å². The van der Waals surface area contributed by atoms with Gasteiger partial charge in [0.15, 0.2) is 0 Å². The van der Waals surface area contributed by atoms with E-state index in [-0.39, 0.29) is 5.69 Å². The van der Waals surface area contributed by atoms with Crippen LogP contribution < -0.4 is 16.0 Å². The smallest absolute Gasteiger partial charge is 0.267 e. The molecule has 2 aromatic heterocycles. The average molecular weight is 284 g/mol. The van der Waals surface area contributed by atoms with E-state index in [2.05, 4.69) is 25.2 Å². The summed E-state index contributed by atoms with van der Waals surface area (Å²) in [6.07, 6.45) is 5.14. The van der Waals surface area contributed by atoms with Crippen LogP contribution in [0.25, 0.3) is 11.1 Å². The standard InChI is InChI=1S/C14H16N6O/c15-13(21)12-2-1-10(7-17-12)11-8-18-14(19-9-11)20-5-3-16-4-6-20/h1-2,7-9,16H,3-6H2,(H2,15,21). The molecule has 21 heavy (non-hydrogen) atoms. The SMILES string of the molecule is NC(=O)c1ccc(-c2cnc(N3CCNCC3)nc2)cn1. The normalized spacial score (nSPS) is 15.0. The van der Waals surface area contributed by atoms with Crippen LogP contribution in [0.15, 0.2) is 30.7 Å². The third-order valence-electron chi connectivity index (χ3n) is 3.39. The summed E-state index contributed by atoms with van der Waals surface area (Å²) in [5.41, 5.74) is 7.13. The number of carbonyl (C=O) groups is 1. The first-order chi connectivity index (χ1) is 10.2. The fraction of sp³-hybridized carbons (Fsp3) is 0.286. The van der Waals surface area contributed by atoms with E-state index in [1.54, 1.807) is 30.7 Å². The Balaban J connectivity index is 1.78. The topological polar surface area (TPSA) is 97.0 Å². The molecule has 0 aromatic carbocycles. The van der Waals surface area contributed by atoms with Crippen molar-refractivity contribution in [2.24, 2.45) is 5.73 Å². The number of aromatic nitrogens is 3. The van der Waals surface area contributed by atoms with Crippen LogP contribution in [0, 0.1) is 0 Å². The van der Waals surface area contributed by atoms with E-state index < -0.39 is 5.91 Å². The summed E-state index contributed by atoms with van der Waals surface area (Å²) in [6.45, 7) is 3.72. The molecule has 3 heterocycles. The van der Waals surface area contributed by atoms with Crippen LogP contribution in [0.5, 0.6) is 0 Å². The summed E-state index contributed by atoms with van der Waals surface area (Å²) < 4.78 is 0. The first kappa shape index (κ1) is 13.4. The summed E-state index contributed by atoms with van der Waals surface area (Å²) in [5.74, 6) is 0.203. The highest BCUT2D eigenvalue weighted by Crippen LogP contribution is 2.18. The molecule has 0 aliphatic carbocycles. The predicted molar refractivity (Wildman–Crippen MR) is 78.9 cm³/mol. The first-order valence-corrected chi connectivity index (χ1v) is 6.78. The number of pyridine rings is 1. The lowest BCUT2D eigenvalue weighted by Crippen LogP contribution is -2.44. The van der Waals surface area contributed by atoms with Gasteiger partial charge in [-0.25, -0.2) is 9.97 Å². The van der Waals surface area contributed by atoms with Crippen molar-refractivity contribution < 1.29 is 4.79 Å². The van der Waals surface area contributed by atoms with Crippen LogP contribution in [0.3, 0.4) is 0 Å². The Morgan fingerprint density at radius 2 is 1.71 bits per heavy atom. The minimum absolute atomic E-state index is 0.247. The number of hydrogen-bond acceptors (Lipinski definition) is 6. The molecule has 7 nitrogen and oxygen atoms in total. The third-order valence-corrected chi connectivity index (χ3v) is 3.39. The Hall–Kier alpha value is -2.54. The first-order valence-electron chi connectivity index (χ1n) is 6.78. The molecule has 0 unspecified atom stereocenters. The molecular formula is C14H16N6O. The Morgan fingerprint density at radius 1 is 1.05 bits per heavy atom. The van der Waals surface area contributed by atoms with Gasteiger partial charge in [0.25, 0.3) is 5.91 Å². The van der Waals surface area contributed by atoms with Crippen molar-refractivity contribution in [3.63, 3.8) is 0 Å². The molecule has 3 rings (SSSR count).